The lowest BCUT2D eigenvalue weighted by Crippen LogP contribution is -2.35. The minimum absolute atomic E-state index is 0.0628. The van der Waals surface area contributed by atoms with E-state index in [4.69, 9.17) is 16.3 Å². The molecule has 1 aromatic carbocycles. The van der Waals surface area contributed by atoms with Gasteiger partial charge in [-0.15, -0.1) is 0 Å². The second kappa shape index (κ2) is 7.31. The van der Waals surface area contributed by atoms with E-state index in [0.29, 0.717) is 5.02 Å². The van der Waals surface area contributed by atoms with Crippen LogP contribution in [0.25, 0.3) is 10.9 Å². The molecule has 1 heterocycles. The fraction of sp³-hybridized carbons (Fsp3) is 0.375. The van der Waals surface area contributed by atoms with E-state index < -0.39 is 5.97 Å². The summed E-state index contributed by atoms with van der Waals surface area (Å²) >= 11 is 6.16. The maximum absolute atomic E-state index is 12.0. The van der Waals surface area contributed by atoms with E-state index in [1.54, 1.807) is 0 Å². The number of ether oxygens (including phenoxy) is 1. The number of H-pyrrole nitrogens is 1. The Hall–Kier alpha value is -2.01. The number of halogens is 1. The monoisotopic (exact) mass is 322 g/mol. The quantitative estimate of drug-likeness (QED) is 0.802. The van der Waals surface area contributed by atoms with Crippen LogP contribution in [0.15, 0.2) is 24.3 Å². The molecular weight excluding hydrogens is 304 g/mol. The average Bonchev–Trinajstić information content (AvgIpc) is 2.83. The van der Waals surface area contributed by atoms with Gasteiger partial charge >= 0.3 is 5.97 Å². The molecule has 6 heteroatoms. The van der Waals surface area contributed by atoms with E-state index in [1.165, 1.54) is 0 Å². The number of para-hydroxylation sites is 1. The minimum Gasteiger partial charge on any atom is -0.451 e. The van der Waals surface area contributed by atoms with Crippen LogP contribution in [0.2, 0.25) is 5.02 Å². The fourth-order valence-corrected chi connectivity index (χ4v) is 2.56. The molecule has 2 aromatic rings. The Balaban J connectivity index is 1.97. The van der Waals surface area contributed by atoms with E-state index in [-0.39, 0.29) is 24.2 Å². The number of carbonyl (C=O) groups excluding carboxylic acids is 2. The fourth-order valence-electron chi connectivity index (χ4n) is 2.27. The molecule has 5 nitrogen and oxygen atoms in total. The van der Waals surface area contributed by atoms with E-state index in [1.807, 2.05) is 38.1 Å². The predicted molar refractivity (Wildman–Crippen MR) is 86.1 cm³/mol. The Morgan fingerprint density at radius 3 is 2.77 bits per heavy atom. The standard InChI is InChI=1S/C16H19ClN2O3/c1-3-6-10(2)18-13(20)9-22-16(21)15-14(17)11-7-4-5-8-12(11)19-15/h4-5,7-8,10,19H,3,6,9H2,1-2H3,(H,18,20). The summed E-state index contributed by atoms with van der Waals surface area (Å²) in [6.45, 7) is 3.64. The Kier molecular flexibility index (Phi) is 5.44. The number of hydrogen-bond acceptors (Lipinski definition) is 3. The van der Waals surface area contributed by atoms with Gasteiger partial charge in [-0.2, -0.15) is 0 Å². The van der Waals surface area contributed by atoms with Crippen LogP contribution < -0.4 is 5.32 Å². The van der Waals surface area contributed by atoms with Crippen LogP contribution in [0.1, 0.15) is 37.2 Å². The lowest BCUT2D eigenvalue weighted by molar-refractivity contribution is -0.124. The number of esters is 1. The first-order chi connectivity index (χ1) is 10.5. The number of aromatic nitrogens is 1. The topological polar surface area (TPSA) is 71.2 Å². The molecule has 0 radical (unpaired) electrons. The van der Waals surface area contributed by atoms with Gasteiger partial charge in [0.2, 0.25) is 0 Å². The van der Waals surface area contributed by atoms with Crippen molar-refractivity contribution in [2.24, 2.45) is 0 Å². The maximum Gasteiger partial charge on any atom is 0.356 e. The molecule has 1 atom stereocenters. The van der Waals surface area contributed by atoms with Crippen LogP contribution in [-0.4, -0.2) is 29.5 Å². The SMILES string of the molecule is CCCC(C)NC(=O)COC(=O)c1[nH]c2ccccc2c1Cl. The van der Waals surface area contributed by atoms with Gasteiger partial charge in [0.15, 0.2) is 6.61 Å². The van der Waals surface area contributed by atoms with Crippen LogP contribution >= 0.6 is 11.6 Å². The summed E-state index contributed by atoms with van der Waals surface area (Å²) < 4.78 is 5.01. The molecular formula is C16H19ClN2O3. The highest BCUT2D eigenvalue weighted by molar-refractivity contribution is 6.38. The van der Waals surface area contributed by atoms with Gasteiger partial charge in [-0.1, -0.05) is 43.1 Å². The number of amides is 1. The van der Waals surface area contributed by atoms with Gasteiger partial charge < -0.3 is 15.0 Å². The number of hydrogen-bond donors (Lipinski definition) is 2. The van der Waals surface area contributed by atoms with Crippen molar-refractivity contribution in [3.63, 3.8) is 0 Å². The van der Waals surface area contributed by atoms with Crippen molar-refractivity contribution < 1.29 is 14.3 Å². The Bertz CT molecular complexity index is 681. The summed E-state index contributed by atoms with van der Waals surface area (Å²) in [7, 11) is 0. The van der Waals surface area contributed by atoms with Gasteiger partial charge in [0, 0.05) is 16.9 Å². The first-order valence-corrected chi connectivity index (χ1v) is 7.63. The molecule has 0 aliphatic carbocycles. The molecule has 1 amide bonds. The molecule has 0 saturated heterocycles. The number of aromatic amines is 1. The summed E-state index contributed by atoms with van der Waals surface area (Å²) in [5.74, 6) is -0.957. The normalized spacial score (nSPS) is 12.1. The Morgan fingerprint density at radius 2 is 2.09 bits per heavy atom. The van der Waals surface area contributed by atoms with Gasteiger partial charge in [-0.05, 0) is 19.4 Å². The zero-order valence-corrected chi connectivity index (χ0v) is 13.4. The zero-order chi connectivity index (χ0) is 16.1. The number of rotatable bonds is 6. The molecule has 2 rings (SSSR count). The second-order valence-corrected chi connectivity index (χ2v) is 5.57. The van der Waals surface area contributed by atoms with E-state index in [9.17, 15) is 9.59 Å². The zero-order valence-electron chi connectivity index (χ0n) is 12.6. The maximum atomic E-state index is 12.0. The van der Waals surface area contributed by atoms with Gasteiger partial charge in [0.1, 0.15) is 5.69 Å². The number of nitrogens with one attached hydrogen (secondary N) is 2. The molecule has 118 valence electrons. The summed E-state index contributed by atoms with van der Waals surface area (Å²) in [6.07, 6.45) is 1.86. The van der Waals surface area contributed by atoms with Crippen LogP contribution in [-0.2, 0) is 9.53 Å². The van der Waals surface area contributed by atoms with E-state index in [2.05, 4.69) is 10.3 Å². The third-order valence-corrected chi connectivity index (χ3v) is 3.70. The van der Waals surface area contributed by atoms with E-state index in [0.717, 1.165) is 23.7 Å². The van der Waals surface area contributed by atoms with Gasteiger partial charge in [-0.25, -0.2) is 4.79 Å². The largest absolute Gasteiger partial charge is 0.451 e. The summed E-state index contributed by atoms with van der Waals surface area (Å²) in [5.41, 5.74) is 0.915. The average molecular weight is 323 g/mol. The summed E-state index contributed by atoms with van der Waals surface area (Å²) in [5, 5.41) is 3.82. The molecule has 2 N–H and O–H groups in total. The molecule has 22 heavy (non-hydrogen) atoms. The van der Waals surface area contributed by atoms with Crippen molar-refractivity contribution in [1.29, 1.82) is 0 Å². The number of benzene rings is 1. The third kappa shape index (κ3) is 3.80. The third-order valence-electron chi connectivity index (χ3n) is 3.31. The van der Waals surface area contributed by atoms with Crippen LogP contribution in [0.3, 0.4) is 0 Å². The molecule has 0 saturated carbocycles. The molecule has 0 aliphatic rings. The number of carbonyl (C=O) groups is 2. The van der Waals surface area contributed by atoms with Gasteiger partial charge in [0.25, 0.3) is 5.91 Å². The number of fused-ring (bicyclic) bond motifs is 1. The van der Waals surface area contributed by atoms with Crippen LogP contribution in [0, 0.1) is 0 Å². The summed E-state index contributed by atoms with van der Waals surface area (Å²) in [4.78, 5) is 26.6. The van der Waals surface area contributed by atoms with Crippen molar-refractivity contribution in [3.05, 3.63) is 35.0 Å². The first-order valence-electron chi connectivity index (χ1n) is 7.25. The van der Waals surface area contributed by atoms with Crippen LogP contribution in [0.4, 0.5) is 0 Å². The lowest BCUT2D eigenvalue weighted by atomic mass is 10.2. The molecule has 1 aromatic heterocycles. The first kappa shape index (κ1) is 16.4. The molecule has 0 bridgehead atoms. The van der Waals surface area contributed by atoms with E-state index >= 15 is 0 Å². The van der Waals surface area contributed by atoms with Crippen molar-refractivity contribution in [2.75, 3.05) is 6.61 Å². The highest BCUT2D eigenvalue weighted by atomic mass is 35.5. The Morgan fingerprint density at radius 1 is 1.36 bits per heavy atom. The molecule has 1 unspecified atom stereocenters. The van der Waals surface area contributed by atoms with Crippen LogP contribution in [0.5, 0.6) is 0 Å². The second-order valence-electron chi connectivity index (χ2n) is 5.19. The summed E-state index contributed by atoms with van der Waals surface area (Å²) in [6, 6.07) is 7.36. The minimum atomic E-state index is -0.639. The van der Waals surface area contributed by atoms with Crippen molar-refractivity contribution in [3.8, 4) is 0 Å². The van der Waals surface area contributed by atoms with Crippen molar-refractivity contribution in [2.45, 2.75) is 32.7 Å². The predicted octanol–water partition coefficient (Wildman–Crippen LogP) is 3.28. The van der Waals surface area contributed by atoms with Crippen molar-refractivity contribution >= 4 is 34.4 Å². The Labute approximate surface area is 134 Å². The molecule has 0 spiro atoms. The molecule has 0 fully saturated rings. The van der Waals surface area contributed by atoms with Gasteiger partial charge in [-0.3, -0.25) is 4.79 Å². The smallest absolute Gasteiger partial charge is 0.356 e. The highest BCUT2D eigenvalue weighted by Gasteiger charge is 2.18. The van der Waals surface area contributed by atoms with Crippen molar-refractivity contribution in [1.82, 2.24) is 10.3 Å². The van der Waals surface area contributed by atoms with Gasteiger partial charge in [0.05, 0.1) is 5.02 Å². The highest BCUT2D eigenvalue weighted by Crippen LogP contribution is 2.27. The molecule has 0 aliphatic heterocycles. The lowest BCUT2D eigenvalue weighted by Gasteiger charge is -2.12.